The number of halogens is 3. The van der Waals surface area contributed by atoms with Crippen LogP contribution in [0.2, 0.25) is 0 Å². The van der Waals surface area contributed by atoms with Gasteiger partial charge in [0, 0.05) is 24.2 Å². The number of rotatable bonds is 5. The van der Waals surface area contributed by atoms with Gasteiger partial charge in [-0.05, 0) is 92.7 Å². The van der Waals surface area contributed by atoms with Crippen LogP contribution in [-0.2, 0) is 9.59 Å². The standard InChI is InChI=1S/C14H16I3NO3/c1-4-8(14(20)21)11-9(15)6-10(16)13(12(11)17)18(5-2)7(3)19/h6,8H,4-5H2,1-3H3,(H,20,21). The molecule has 1 amide bonds. The molecule has 0 spiro atoms. The molecule has 0 fully saturated rings. The predicted octanol–water partition coefficient (Wildman–Crippen LogP) is 4.45. The maximum absolute atomic E-state index is 11.9. The van der Waals surface area contributed by atoms with E-state index in [2.05, 4.69) is 67.8 Å². The summed E-state index contributed by atoms with van der Waals surface area (Å²) >= 11 is 6.55. The first-order valence-corrected chi connectivity index (χ1v) is 9.68. The molecule has 1 aromatic rings. The quantitative estimate of drug-likeness (QED) is 0.492. The predicted molar refractivity (Wildman–Crippen MR) is 109 cm³/mol. The number of amides is 1. The topological polar surface area (TPSA) is 57.6 Å². The van der Waals surface area contributed by atoms with E-state index in [9.17, 15) is 14.7 Å². The average Bonchev–Trinajstić information content (AvgIpc) is 2.38. The van der Waals surface area contributed by atoms with Gasteiger partial charge in [0.2, 0.25) is 5.91 Å². The molecule has 0 bridgehead atoms. The van der Waals surface area contributed by atoms with Gasteiger partial charge in [-0.2, -0.15) is 0 Å². The minimum absolute atomic E-state index is 0.0381. The second-order valence-electron chi connectivity index (χ2n) is 4.48. The lowest BCUT2D eigenvalue weighted by Crippen LogP contribution is -2.30. The first-order chi connectivity index (χ1) is 9.76. The van der Waals surface area contributed by atoms with Crippen molar-refractivity contribution in [3.05, 3.63) is 22.3 Å². The Morgan fingerprint density at radius 3 is 2.19 bits per heavy atom. The highest BCUT2D eigenvalue weighted by Gasteiger charge is 2.28. The minimum Gasteiger partial charge on any atom is -0.481 e. The number of benzene rings is 1. The highest BCUT2D eigenvalue weighted by atomic mass is 127. The van der Waals surface area contributed by atoms with Crippen LogP contribution in [-0.4, -0.2) is 23.5 Å². The molecule has 0 heterocycles. The van der Waals surface area contributed by atoms with Gasteiger partial charge in [-0.15, -0.1) is 0 Å². The molecule has 0 aliphatic heterocycles. The molecule has 0 aliphatic carbocycles. The van der Waals surface area contributed by atoms with Crippen molar-refractivity contribution in [2.75, 3.05) is 11.4 Å². The van der Waals surface area contributed by atoms with Gasteiger partial charge in [0.1, 0.15) is 0 Å². The lowest BCUT2D eigenvalue weighted by Gasteiger charge is -2.26. The van der Waals surface area contributed by atoms with E-state index >= 15 is 0 Å². The number of nitrogens with zero attached hydrogens (tertiary/aromatic N) is 1. The summed E-state index contributed by atoms with van der Waals surface area (Å²) in [5.41, 5.74) is 1.63. The van der Waals surface area contributed by atoms with E-state index in [-0.39, 0.29) is 5.91 Å². The maximum Gasteiger partial charge on any atom is 0.311 e. The number of carboxylic acid groups (broad SMARTS) is 1. The highest BCUT2D eigenvalue weighted by molar-refractivity contribution is 14.1. The minimum atomic E-state index is -0.827. The van der Waals surface area contributed by atoms with Crippen LogP contribution in [0.4, 0.5) is 5.69 Å². The van der Waals surface area contributed by atoms with E-state index in [0.29, 0.717) is 13.0 Å². The average molecular weight is 627 g/mol. The molecule has 1 atom stereocenters. The Hall–Kier alpha value is 0.350. The molecule has 1 N–H and O–H groups in total. The molecule has 116 valence electrons. The largest absolute Gasteiger partial charge is 0.481 e. The van der Waals surface area contributed by atoms with E-state index in [4.69, 9.17) is 0 Å². The number of hydrogen-bond donors (Lipinski definition) is 1. The molecule has 0 aromatic heterocycles. The molecule has 1 rings (SSSR count). The zero-order valence-electron chi connectivity index (χ0n) is 11.9. The number of anilines is 1. The van der Waals surface area contributed by atoms with E-state index in [1.165, 1.54) is 6.92 Å². The zero-order valence-corrected chi connectivity index (χ0v) is 18.4. The number of carbonyl (C=O) groups is 2. The number of carbonyl (C=O) groups excluding carboxylic acids is 1. The van der Waals surface area contributed by atoms with Crippen molar-refractivity contribution in [2.24, 2.45) is 0 Å². The smallest absolute Gasteiger partial charge is 0.311 e. The normalized spacial score (nSPS) is 12.1. The van der Waals surface area contributed by atoms with Crippen LogP contribution in [0.1, 0.15) is 38.7 Å². The van der Waals surface area contributed by atoms with Gasteiger partial charge in [-0.3, -0.25) is 9.59 Å². The van der Waals surface area contributed by atoms with Crippen molar-refractivity contribution in [3.8, 4) is 0 Å². The van der Waals surface area contributed by atoms with Crippen LogP contribution < -0.4 is 4.90 Å². The summed E-state index contributed by atoms with van der Waals surface area (Å²) in [6, 6.07) is 1.95. The number of hydrogen-bond acceptors (Lipinski definition) is 2. The Kier molecular flexibility index (Phi) is 7.64. The molecule has 7 heteroatoms. The SMILES string of the molecule is CCC(C(=O)O)c1c(I)cc(I)c(N(CC)C(C)=O)c1I. The monoisotopic (exact) mass is 627 g/mol. The first-order valence-electron chi connectivity index (χ1n) is 6.44. The molecule has 0 saturated carbocycles. The van der Waals surface area contributed by atoms with Crippen LogP contribution >= 0.6 is 67.8 Å². The molecular formula is C14H16I3NO3. The molecule has 1 aromatic carbocycles. The second kappa shape index (κ2) is 8.27. The van der Waals surface area contributed by atoms with Gasteiger partial charge < -0.3 is 10.0 Å². The summed E-state index contributed by atoms with van der Waals surface area (Å²) in [7, 11) is 0. The molecule has 4 nitrogen and oxygen atoms in total. The van der Waals surface area contributed by atoms with Crippen molar-refractivity contribution in [3.63, 3.8) is 0 Å². The number of aliphatic carboxylic acids is 1. The Morgan fingerprint density at radius 2 is 1.81 bits per heavy atom. The molecule has 0 saturated heterocycles. The third-order valence-corrected chi connectivity index (χ3v) is 6.01. The van der Waals surface area contributed by atoms with Crippen LogP contribution in [0.3, 0.4) is 0 Å². The maximum atomic E-state index is 11.9. The molecule has 1 unspecified atom stereocenters. The van der Waals surface area contributed by atoms with Crippen molar-refractivity contribution in [2.45, 2.75) is 33.1 Å². The molecule has 0 aliphatic rings. The van der Waals surface area contributed by atoms with Crippen molar-refractivity contribution in [1.29, 1.82) is 0 Å². The lowest BCUT2D eigenvalue weighted by molar-refractivity contribution is -0.138. The van der Waals surface area contributed by atoms with Gasteiger partial charge in [-0.1, -0.05) is 6.92 Å². The van der Waals surface area contributed by atoms with E-state index in [1.807, 2.05) is 19.9 Å². The van der Waals surface area contributed by atoms with Crippen LogP contribution in [0, 0.1) is 10.7 Å². The summed E-state index contributed by atoms with van der Waals surface area (Å²) in [5, 5.41) is 9.45. The van der Waals surface area contributed by atoms with Gasteiger partial charge in [0.15, 0.2) is 0 Å². The summed E-state index contributed by atoms with van der Waals surface area (Å²) in [6.07, 6.45) is 0.521. The third-order valence-electron chi connectivity index (χ3n) is 3.20. The fourth-order valence-corrected chi connectivity index (χ4v) is 6.91. The third kappa shape index (κ3) is 4.21. The first kappa shape index (κ1) is 19.4. The van der Waals surface area contributed by atoms with E-state index < -0.39 is 11.9 Å². The molecular weight excluding hydrogens is 611 g/mol. The zero-order chi connectivity index (χ0) is 16.3. The summed E-state index contributed by atoms with van der Waals surface area (Å²) in [5.74, 6) is -1.42. The van der Waals surface area contributed by atoms with Crippen molar-refractivity contribution >= 4 is 85.3 Å². The van der Waals surface area contributed by atoms with E-state index in [0.717, 1.165) is 22.0 Å². The fourth-order valence-electron chi connectivity index (χ4n) is 2.20. The van der Waals surface area contributed by atoms with Crippen LogP contribution in [0.15, 0.2) is 6.07 Å². The Morgan fingerprint density at radius 1 is 1.24 bits per heavy atom. The lowest BCUT2D eigenvalue weighted by atomic mass is 9.96. The Labute approximate surface area is 165 Å². The highest BCUT2D eigenvalue weighted by Crippen LogP contribution is 2.38. The summed E-state index contributed by atoms with van der Waals surface area (Å²) in [4.78, 5) is 25.1. The summed E-state index contributed by atoms with van der Waals surface area (Å²) < 4.78 is 2.75. The van der Waals surface area contributed by atoms with Crippen molar-refractivity contribution in [1.82, 2.24) is 0 Å². The van der Waals surface area contributed by atoms with Crippen molar-refractivity contribution < 1.29 is 14.7 Å². The molecule has 21 heavy (non-hydrogen) atoms. The number of carboxylic acids is 1. The van der Waals surface area contributed by atoms with Gasteiger partial charge in [0.25, 0.3) is 0 Å². The van der Waals surface area contributed by atoms with Crippen LogP contribution in [0.25, 0.3) is 0 Å². The summed E-state index contributed by atoms with van der Waals surface area (Å²) in [6.45, 7) is 5.87. The van der Waals surface area contributed by atoms with Gasteiger partial charge in [-0.25, -0.2) is 0 Å². The fraction of sp³-hybridized carbons (Fsp3) is 0.429. The molecule has 0 radical (unpaired) electrons. The second-order valence-corrected chi connectivity index (χ2v) is 7.88. The Balaban J connectivity index is 3.62. The Bertz CT molecular complexity index is 529. The van der Waals surface area contributed by atoms with E-state index in [1.54, 1.807) is 4.90 Å². The van der Waals surface area contributed by atoms with Gasteiger partial charge in [0.05, 0.1) is 11.6 Å². The van der Waals surface area contributed by atoms with Crippen LogP contribution in [0.5, 0.6) is 0 Å². The van der Waals surface area contributed by atoms with Gasteiger partial charge >= 0.3 is 5.97 Å².